The van der Waals surface area contributed by atoms with Crippen LogP contribution >= 0.6 is 35.0 Å². The van der Waals surface area contributed by atoms with E-state index in [9.17, 15) is 4.79 Å². The molecular weight excluding hydrogens is 313 g/mol. The Morgan fingerprint density at radius 1 is 1.35 bits per heavy atom. The second-order valence-electron chi connectivity index (χ2n) is 5.51. The summed E-state index contributed by atoms with van der Waals surface area (Å²) in [5, 5.41) is 2.91. The van der Waals surface area contributed by atoms with Crippen LogP contribution in [0.3, 0.4) is 0 Å². The average molecular weight is 332 g/mol. The molecule has 2 nitrogen and oxygen atoms in total. The van der Waals surface area contributed by atoms with Gasteiger partial charge in [-0.05, 0) is 25.8 Å². The zero-order valence-electron chi connectivity index (χ0n) is 11.7. The zero-order chi connectivity index (χ0) is 14.8. The fraction of sp³-hybridized carbons (Fsp3) is 0.533. The third kappa shape index (κ3) is 3.63. The molecule has 5 heteroatoms. The maximum absolute atomic E-state index is 11.9. The first-order chi connectivity index (χ1) is 9.35. The molecule has 1 atom stereocenters. The number of alkyl halides is 2. The van der Waals surface area contributed by atoms with Gasteiger partial charge in [0.25, 0.3) is 0 Å². The van der Waals surface area contributed by atoms with Crippen LogP contribution < -0.4 is 5.32 Å². The van der Waals surface area contributed by atoms with Crippen molar-refractivity contribution in [2.24, 2.45) is 5.41 Å². The average Bonchev–Trinajstić information content (AvgIpc) is 2.91. The van der Waals surface area contributed by atoms with Crippen LogP contribution in [0.5, 0.6) is 0 Å². The Balaban J connectivity index is 1.63. The van der Waals surface area contributed by atoms with Gasteiger partial charge in [0.15, 0.2) is 0 Å². The fourth-order valence-electron chi connectivity index (χ4n) is 1.95. The van der Waals surface area contributed by atoms with Gasteiger partial charge in [-0.3, -0.25) is 4.79 Å². The number of nitrogens with one attached hydrogen (secondary N) is 1. The molecule has 1 aromatic carbocycles. The molecule has 20 heavy (non-hydrogen) atoms. The monoisotopic (exact) mass is 331 g/mol. The lowest BCUT2D eigenvalue weighted by Gasteiger charge is -2.12. The Morgan fingerprint density at radius 3 is 2.50 bits per heavy atom. The molecule has 1 amide bonds. The maximum Gasteiger partial charge on any atom is 0.229 e. The molecule has 1 N–H and O–H groups in total. The number of benzene rings is 1. The molecule has 1 saturated carbocycles. The zero-order valence-corrected chi connectivity index (χ0v) is 14.0. The van der Waals surface area contributed by atoms with E-state index in [1.807, 2.05) is 6.92 Å². The molecular formula is C15H19Cl2NOS. The molecule has 0 aliphatic heterocycles. The summed E-state index contributed by atoms with van der Waals surface area (Å²) in [6, 6.07) is 8.52. The first-order valence-electron chi connectivity index (χ1n) is 6.65. The summed E-state index contributed by atoms with van der Waals surface area (Å²) in [6.07, 6.45) is 0.533. The van der Waals surface area contributed by atoms with E-state index in [2.05, 4.69) is 36.5 Å². The van der Waals surface area contributed by atoms with Crippen LogP contribution in [-0.2, 0) is 10.5 Å². The molecule has 0 bridgehead atoms. The van der Waals surface area contributed by atoms with Crippen LogP contribution in [0.4, 0.5) is 0 Å². The number of halogens is 2. The third-order valence-corrected chi connectivity index (χ3v) is 5.81. The Hall–Kier alpha value is -0.380. The van der Waals surface area contributed by atoms with E-state index in [-0.39, 0.29) is 5.91 Å². The molecule has 0 heterocycles. The summed E-state index contributed by atoms with van der Waals surface area (Å²) in [4.78, 5) is 11.9. The lowest BCUT2D eigenvalue weighted by molar-refractivity contribution is -0.125. The molecule has 1 unspecified atom stereocenters. The van der Waals surface area contributed by atoms with E-state index >= 15 is 0 Å². The van der Waals surface area contributed by atoms with Crippen molar-refractivity contribution in [3.63, 3.8) is 0 Å². The number of hydrogen-bond donors (Lipinski definition) is 1. The molecule has 0 aromatic heterocycles. The van der Waals surface area contributed by atoms with Gasteiger partial charge >= 0.3 is 0 Å². The van der Waals surface area contributed by atoms with Crippen molar-refractivity contribution < 1.29 is 4.79 Å². The quantitative estimate of drug-likeness (QED) is 0.632. The number of rotatable bonds is 6. The van der Waals surface area contributed by atoms with Gasteiger partial charge in [0.05, 0.1) is 5.41 Å². The van der Waals surface area contributed by atoms with Gasteiger partial charge in [0.1, 0.15) is 4.33 Å². The van der Waals surface area contributed by atoms with Crippen molar-refractivity contribution in [3.05, 3.63) is 35.4 Å². The second-order valence-corrected chi connectivity index (χ2v) is 8.10. The maximum atomic E-state index is 11.9. The number of hydrogen-bond acceptors (Lipinski definition) is 2. The summed E-state index contributed by atoms with van der Waals surface area (Å²) in [5.74, 6) is 1.80. The SMILES string of the molecule is Cc1ccc(CSCCNC(=O)C2(C)CC2(Cl)Cl)cc1. The fourth-order valence-corrected chi connectivity index (χ4v) is 3.48. The molecule has 1 aliphatic carbocycles. The van der Waals surface area contributed by atoms with Crippen LogP contribution in [0.15, 0.2) is 24.3 Å². The number of carbonyl (C=O) groups excluding carboxylic acids is 1. The summed E-state index contributed by atoms with van der Waals surface area (Å²) in [6.45, 7) is 4.54. The summed E-state index contributed by atoms with van der Waals surface area (Å²) in [7, 11) is 0. The molecule has 110 valence electrons. The van der Waals surface area contributed by atoms with Crippen molar-refractivity contribution in [2.45, 2.75) is 30.4 Å². The number of thioether (sulfide) groups is 1. The first kappa shape index (κ1) is 16.0. The number of amides is 1. The van der Waals surface area contributed by atoms with Gasteiger partial charge in [0.2, 0.25) is 5.91 Å². The van der Waals surface area contributed by atoms with Gasteiger partial charge in [0, 0.05) is 18.1 Å². The van der Waals surface area contributed by atoms with E-state index < -0.39 is 9.75 Å². The lowest BCUT2D eigenvalue weighted by atomic mass is 10.1. The van der Waals surface area contributed by atoms with E-state index in [4.69, 9.17) is 23.2 Å². The molecule has 0 saturated heterocycles. The highest BCUT2D eigenvalue weighted by molar-refractivity contribution is 7.98. The first-order valence-corrected chi connectivity index (χ1v) is 8.56. The summed E-state index contributed by atoms with van der Waals surface area (Å²) < 4.78 is -0.883. The van der Waals surface area contributed by atoms with Crippen molar-refractivity contribution in [3.8, 4) is 0 Å². The normalized spacial score (nSPS) is 23.4. The summed E-state index contributed by atoms with van der Waals surface area (Å²) in [5.41, 5.74) is 1.97. The molecule has 2 rings (SSSR count). The highest BCUT2D eigenvalue weighted by Crippen LogP contribution is 2.63. The van der Waals surface area contributed by atoms with Crippen LogP contribution in [0, 0.1) is 12.3 Å². The van der Waals surface area contributed by atoms with E-state index in [0.717, 1.165) is 11.5 Å². The predicted octanol–water partition coefficient (Wildman–Crippen LogP) is 3.93. The summed E-state index contributed by atoms with van der Waals surface area (Å²) >= 11 is 13.8. The minimum atomic E-state index is -0.883. The van der Waals surface area contributed by atoms with E-state index in [0.29, 0.717) is 13.0 Å². The molecule has 0 radical (unpaired) electrons. The van der Waals surface area contributed by atoms with Gasteiger partial charge in [-0.2, -0.15) is 11.8 Å². The second kappa shape index (κ2) is 6.17. The Labute approximate surface area is 134 Å². The van der Waals surface area contributed by atoms with E-state index in [1.54, 1.807) is 11.8 Å². The topological polar surface area (TPSA) is 29.1 Å². The van der Waals surface area contributed by atoms with Crippen molar-refractivity contribution >= 4 is 40.9 Å². The predicted molar refractivity (Wildman–Crippen MR) is 87.5 cm³/mol. The molecule has 1 aliphatic rings. The molecule has 0 spiro atoms. The van der Waals surface area contributed by atoms with Gasteiger partial charge in [-0.25, -0.2) is 0 Å². The van der Waals surface area contributed by atoms with Crippen LogP contribution in [0.1, 0.15) is 24.5 Å². The third-order valence-electron chi connectivity index (χ3n) is 3.68. The number of carbonyl (C=O) groups is 1. The highest BCUT2D eigenvalue weighted by Gasteiger charge is 2.67. The molecule has 1 aromatic rings. The van der Waals surface area contributed by atoms with Crippen LogP contribution in [0.25, 0.3) is 0 Å². The van der Waals surface area contributed by atoms with Crippen molar-refractivity contribution in [2.75, 3.05) is 12.3 Å². The van der Waals surface area contributed by atoms with Gasteiger partial charge < -0.3 is 5.32 Å². The number of aryl methyl sites for hydroxylation is 1. The van der Waals surface area contributed by atoms with Crippen molar-refractivity contribution in [1.29, 1.82) is 0 Å². The Morgan fingerprint density at radius 2 is 1.95 bits per heavy atom. The van der Waals surface area contributed by atoms with Gasteiger partial charge in [-0.1, -0.05) is 29.8 Å². The van der Waals surface area contributed by atoms with Crippen molar-refractivity contribution in [1.82, 2.24) is 5.32 Å². The largest absolute Gasteiger partial charge is 0.355 e. The van der Waals surface area contributed by atoms with Gasteiger partial charge in [-0.15, -0.1) is 23.2 Å². The van der Waals surface area contributed by atoms with Crippen LogP contribution in [-0.4, -0.2) is 22.5 Å². The Kier molecular flexibility index (Phi) is 4.93. The molecule has 1 fully saturated rings. The standard InChI is InChI=1S/C15H19Cl2NOS/c1-11-3-5-12(6-4-11)9-20-8-7-18-13(19)14(2)10-15(14,16)17/h3-6H,7-10H2,1-2H3,(H,18,19). The Bertz CT molecular complexity index is 489. The highest BCUT2D eigenvalue weighted by atomic mass is 35.5. The smallest absolute Gasteiger partial charge is 0.229 e. The van der Waals surface area contributed by atoms with E-state index in [1.165, 1.54) is 11.1 Å². The minimum absolute atomic E-state index is 0.0431. The minimum Gasteiger partial charge on any atom is -0.355 e. The lowest BCUT2D eigenvalue weighted by Crippen LogP contribution is -2.34. The van der Waals surface area contributed by atoms with Crippen LogP contribution in [0.2, 0.25) is 0 Å².